The normalized spacial score (nSPS) is 16.7. The van der Waals surface area contributed by atoms with E-state index in [-0.39, 0.29) is 10.6 Å². The maximum atomic E-state index is 10.6. The number of nitro benzene ring substituents is 1. The molecule has 0 aromatic heterocycles. The summed E-state index contributed by atoms with van der Waals surface area (Å²) in [4.78, 5) is 11.6. The highest BCUT2D eigenvalue weighted by Crippen LogP contribution is 2.38. The third-order valence-electron chi connectivity index (χ3n) is 3.67. The fourth-order valence-corrected chi connectivity index (χ4v) is 3.78. The lowest BCUT2D eigenvalue weighted by atomic mass is 10.0. The molecule has 1 heterocycles. The molecule has 5 heteroatoms. The van der Waals surface area contributed by atoms with E-state index in [1.165, 1.54) is 10.5 Å². The molecule has 2 aromatic rings. The number of rotatable bonds is 5. The summed E-state index contributed by atoms with van der Waals surface area (Å²) in [7, 11) is 0. The summed E-state index contributed by atoms with van der Waals surface area (Å²) in [5.41, 5.74) is 2.64. The molecule has 0 aliphatic carbocycles. The lowest BCUT2D eigenvalue weighted by Gasteiger charge is -2.12. The standard InChI is InChI=1S/C16H16N2O2S/c19-18(20)14-7-5-12(6-8-14)9-17-10-13-11-21-16-4-2-1-3-15(13)16/h1-8,13,17H,9-11H2. The highest BCUT2D eigenvalue weighted by Gasteiger charge is 2.21. The summed E-state index contributed by atoms with van der Waals surface area (Å²) in [6.07, 6.45) is 0. The number of nitrogens with one attached hydrogen (secondary N) is 1. The van der Waals surface area contributed by atoms with E-state index < -0.39 is 0 Å². The van der Waals surface area contributed by atoms with Gasteiger partial charge in [-0.2, -0.15) is 0 Å². The number of non-ortho nitro benzene ring substituents is 1. The van der Waals surface area contributed by atoms with E-state index >= 15 is 0 Å². The third-order valence-corrected chi connectivity index (χ3v) is 4.92. The molecule has 0 saturated heterocycles. The summed E-state index contributed by atoms with van der Waals surface area (Å²) in [5, 5.41) is 14.1. The van der Waals surface area contributed by atoms with Crippen LogP contribution in [-0.2, 0) is 6.54 Å². The van der Waals surface area contributed by atoms with Gasteiger partial charge in [-0.25, -0.2) is 0 Å². The molecule has 108 valence electrons. The Balaban J connectivity index is 1.54. The largest absolute Gasteiger partial charge is 0.312 e. The predicted molar refractivity (Wildman–Crippen MR) is 84.7 cm³/mol. The van der Waals surface area contributed by atoms with Crippen molar-refractivity contribution in [1.82, 2.24) is 5.32 Å². The number of thioether (sulfide) groups is 1. The van der Waals surface area contributed by atoms with Crippen LogP contribution >= 0.6 is 11.8 Å². The van der Waals surface area contributed by atoms with Crippen LogP contribution < -0.4 is 5.32 Å². The Labute approximate surface area is 127 Å². The zero-order valence-corrected chi connectivity index (χ0v) is 12.3. The molecule has 0 fully saturated rings. The minimum Gasteiger partial charge on any atom is -0.312 e. The van der Waals surface area contributed by atoms with Gasteiger partial charge in [0.2, 0.25) is 0 Å². The quantitative estimate of drug-likeness (QED) is 0.677. The second kappa shape index (κ2) is 6.28. The van der Waals surface area contributed by atoms with Crippen molar-refractivity contribution < 1.29 is 4.92 Å². The molecule has 2 aromatic carbocycles. The Kier molecular flexibility index (Phi) is 4.22. The van der Waals surface area contributed by atoms with Gasteiger partial charge in [0.25, 0.3) is 5.69 Å². The number of hydrogen-bond acceptors (Lipinski definition) is 4. The van der Waals surface area contributed by atoms with Crippen molar-refractivity contribution in [3.05, 3.63) is 69.8 Å². The molecule has 1 aliphatic heterocycles. The van der Waals surface area contributed by atoms with Crippen molar-refractivity contribution in [2.45, 2.75) is 17.4 Å². The van der Waals surface area contributed by atoms with Gasteiger partial charge in [-0.15, -0.1) is 11.8 Å². The topological polar surface area (TPSA) is 55.2 Å². The summed E-state index contributed by atoms with van der Waals surface area (Å²) in [5.74, 6) is 1.66. The first kappa shape index (κ1) is 14.1. The average molecular weight is 300 g/mol. The van der Waals surface area contributed by atoms with Crippen LogP contribution in [0.4, 0.5) is 5.69 Å². The van der Waals surface area contributed by atoms with Crippen LogP contribution in [-0.4, -0.2) is 17.2 Å². The second-order valence-electron chi connectivity index (χ2n) is 5.10. The Morgan fingerprint density at radius 3 is 2.71 bits per heavy atom. The molecule has 4 nitrogen and oxygen atoms in total. The molecular weight excluding hydrogens is 284 g/mol. The van der Waals surface area contributed by atoms with Crippen LogP contribution in [0.1, 0.15) is 17.0 Å². The van der Waals surface area contributed by atoms with Crippen molar-refractivity contribution in [2.24, 2.45) is 0 Å². The second-order valence-corrected chi connectivity index (χ2v) is 6.16. The summed E-state index contributed by atoms with van der Waals surface area (Å²) in [6, 6.07) is 15.3. The first-order valence-corrected chi connectivity index (χ1v) is 7.88. The van der Waals surface area contributed by atoms with Gasteiger partial charge >= 0.3 is 0 Å². The highest BCUT2D eigenvalue weighted by atomic mass is 32.2. The average Bonchev–Trinajstić information content (AvgIpc) is 2.91. The van der Waals surface area contributed by atoms with E-state index in [9.17, 15) is 10.1 Å². The molecule has 1 atom stereocenters. The van der Waals surface area contributed by atoms with Crippen LogP contribution in [0.2, 0.25) is 0 Å². The van der Waals surface area contributed by atoms with Crippen LogP contribution in [0, 0.1) is 10.1 Å². The highest BCUT2D eigenvalue weighted by molar-refractivity contribution is 7.99. The molecule has 0 spiro atoms. The van der Waals surface area contributed by atoms with Crippen LogP contribution in [0.15, 0.2) is 53.4 Å². The van der Waals surface area contributed by atoms with Crippen molar-refractivity contribution >= 4 is 17.4 Å². The fraction of sp³-hybridized carbons (Fsp3) is 0.250. The Morgan fingerprint density at radius 1 is 1.19 bits per heavy atom. The Bertz CT molecular complexity index is 643. The molecule has 3 rings (SSSR count). The van der Waals surface area contributed by atoms with Crippen LogP contribution in [0.25, 0.3) is 0 Å². The lowest BCUT2D eigenvalue weighted by Crippen LogP contribution is -2.21. The molecule has 21 heavy (non-hydrogen) atoms. The fourth-order valence-electron chi connectivity index (χ4n) is 2.52. The maximum absolute atomic E-state index is 10.6. The van der Waals surface area contributed by atoms with Gasteiger partial charge in [0.05, 0.1) is 4.92 Å². The molecule has 0 radical (unpaired) electrons. The number of benzene rings is 2. The van der Waals surface area contributed by atoms with E-state index in [2.05, 4.69) is 29.6 Å². The van der Waals surface area contributed by atoms with E-state index in [4.69, 9.17) is 0 Å². The first-order valence-electron chi connectivity index (χ1n) is 6.90. The van der Waals surface area contributed by atoms with Crippen molar-refractivity contribution in [1.29, 1.82) is 0 Å². The monoisotopic (exact) mass is 300 g/mol. The number of hydrogen-bond donors (Lipinski definition) is 1. The van der Waals surface area contributed by atoms with Crippen molar-refractivity contribution in [2.75, 3.05) is 12.3 Å². The molecular formula is C16H16N2O2S. The molecule has 1 N–H and O–H groups in total. The Hall–Kier alpha value is -1.85. The van der Waals surface area contributed by atoms with E-state index in [0.717, 1.165) is 24.4 Å². The maximum Gasteiger partial charge on any atom is 0.269 e. The van der Waals surface area contributed by atoms with E-state index in [0.29, 0.717) is 5.92 Å². The van der Waals surface area contributed by atoms with Gasteiger partial charge in [0.15, 0.2) is 0 Å². The van der Waals surface area contributed by atoms with Crippen molar-refractivity contribution in [3.63, 3.8) is 0 Å². The zero-order valence-electron chi connectivity index (χ0n) is 11.5. The van der Waals surface area contributed by atoms with Crippen LogP contribution in [0.3, 0.4) is 0 Å². The van der Waals surface area contributed by atoms with Gasteiger partial charge < -0.3 is 5.32 Å². The first-order chi connectivity index (χ1) is 10.2. The summed E-state index contributed by atoms with van der Waals surface area (Å²) in [6.45, 7) is 1.67. The third kappa shape index (κ3) is 3.25. The predicted octanol–water partition coefficient (Wildman–Crippen LogP) is 3.57. The van der Waals surface area contributed by atoms with Gasteiger partial charge in [-0.1, -0.05) is 30.3 Å². The summed E-state index contributed by atoms with van der Waals surface area (Å²) >= 11 is 1.91. The minimum atomic E-state index is -0.371. The molecule has 0 bridgehead atoms. The molecule has 0 saturated carbocycles. The van der Waals surface area contributed by atoms with E-state index in [1.807, 2.05) is 23.9 Å². The lowest BCUT2D eigenvalue weighted by molar-refractivity contribution is -0.384. The minimum absolute atomic E-state index is 0.139. The van der Waals surface area contributed by atoms with Crippen molar-refractivity contribution in [3.8, 4) is 0 Å². The van der Waals surface area contributed by atoms with Gasteiger partial charge in [0.1, 0.15) is 0 Å². The molecule has 1 aliphatic rings. The SMILES string of the molecule is O=[N+]([O-])c1ccc(CNCC2CSc3ccccc32)cc1. The summed E-state index contributed by atoms with van der Waals surface area (Å²) < 4.78 is 0. The number of fused-ring (bicyclic) bond motifs is 1. The molecule has 0 amide bonds. The number of nitrogens with zero attached hydrogens (tertiary/aromatic N) is 1. The van der Waals surface area contributed by atoms with Crippen LogP contribution in [0.5, 0.6) is 0 Å². The Morgan fingerprint density at radius 2 is 1.95 bits per heavy atom. The smallest absolute Gasteiger partial charge is 0.269 e. The van der Waals surface area contributed by atoms with E-state index in [1.54, 1.807) is 12.1 Å². The van der Waals surface area contributed by atoms with Gasteiger partial charge in [-0.3, -0.25) is 10.1 Å². The number of nitro groups is 1. The zero-order chi connectivity index (χ0) is 14.7. The molecule has 1 unspecified atom stereocenters. The van der Waals surface area contributed by atoms with Gasteiger partial charge in [0, 0.05) is 41.8 Å². The van der Waals surface area contributed by atoms with Gasteiger partial charge in [-0.05, 0) is 17.2 Å².